The van der Waals surface area contributed by atoms with Crippen LogP contribution in [0.1, 0.15) is 46.5 Å². The van der Waals surface area contributed by atoms with Gasteiger partial charge in [-0.25, -0.2) is 0 Å². The molecule has 0 aromatic carbocycles. The Hall–Kier alpha value is -0.610. The first-order valence-corrected chi connectivity index (χ1v) is 7.58. The first-order chi connectivity index (χ1) is 8.92. The number of hydrogen-bond donors (Lipinski definition) is 1. The monoisotopic (exact) mass is 268 g/mol. The number of nitrogens with zero attached hydrogens (tertiary/aromatic N) is 1. The smallest absolute Gasteiger partial charge is 0.226 e. The summed E-state index contributed by atoms with van der Waals surface area (Å²) in [6.45, 7) is 8.41. The van der Waals surface area contributed by atoms with E-state index >= 15 is 0 Å². The van der Waals surface area contributed by atoms with E-state index in [4.69, 9.17) is 10.5 Å². The maximum absolute atomic E-state index is 12.8. The number of morpholine rings is 1. The largest absolute Gasteiger partial charge is 0.373 e. The molecule has 0 aromatic heterocycles. The molecule has 1 aliphatic carbocycles. The number of rotatable bonds is 2. The lowest BCUT2D eigenvalue weighted by atomic mass is 9.68. The third-order valence-electron chi connectivity index (χ3n) is 4.80. The molecular formula is C15H28N2O2. The van der Waals surface area contributed by atoms with Crippen LogP contribution >= 0.6 is 0 Å². The number of carbonyl (C=O) groups is 1. The molecule has 1 saturated heterocycles. The molecule has 2 aliphatic rings. The van der Waals surface area contributed by atoms with E-state index in [2.05, 4.69) is 13.8 Å². The average Bonchev–Trinajstić information content (AvgIpc) is 2.37. The fraction of sp³-hybridized carbons (Fsp3) is 0.933. The van der Waals surface area contributed by atoms with E-state index in [1.165, 1.54) is 12.8 Å². The van der Waals surface area contributed by atoms with Crippen LogP contribution in [0.15, 0.2) is 0 Å². The van der Waals surface area contributed by atoms with Gasteiger partial charge < -0.3 is 15.4 Å². The third kappa shape index (κ3) is 3.29. The van der Waals surface area contributed by atoms with Crippen molar-refractivity contribution in [2.75, 3.05) is 19.7 Å². The van der Waals surface area contributed by atoms with E-state index in [0.717, 1.165) is 12.8 Å². The summed E-state index contributed by atoms with van der Waals surface area (Å²) in [4.78, 5) is 14.7. The number of nitrogens with two attached hydrogens (primary N) is 1. The van der Waals surface area contributed by atoms with Gasteiger partial charge in [0.1, 0.15) is 0 Å². The highest BCUT2D eigenvalue weighted by molar-refractivity contribution is 5.80. The SMILES string of the molecule is CC(N)C1CN(C(=O)C2CCCCC2(C)C)CCO1. The summed E-state index contributed by atoms with van der Waals surface area (Å²) >= 11 is 0. The van der Waals surface area contributed by atoms with Crippen molar-refractivity contribution < 1.29 is 9.53 Å². The second-order valence-electron chi connectivity index (χ2n) is 6.84. The average molecular weight is 268 g/mol. The Morgan fingerprint density at radius 2 is 2.16 bits per heavy atom. The highest BCUT2D eigenvalue weighted by atomic mass is 16.5. The van der Waals surface area contributed by atoms with Crippen molar-refractivity contribution in [1.82, 2.24) is 4.90 Å². The summed E-state index contributed by atoms with van der Waals surface area (Å²) in [5.41, 5.74) is 6.03. The Kier molecular flexibility index (Phi) is 4.51. The fourth-order valence-electron chi connectivity index (χ4n) is 3.37. The van der Waals surface area contributed by atoms with Crippen molar-refractivity contribution in [3.63, 3.8) is 0 Å². The molecule has 19 heavy (non-hydrogen) atoms. The predicted octanol–water partition coefficient (Wildman–Crippen LogP) is 1.78. The van der Waals surface area contributed by atoms with Crippen molar-refractivity contribution in [1.29, 1.82) is 0 Å². The maximum atomic E-state index is 12.8. The van der Waals surface area contributed by atoms with Crippen LogP contribution in [0, 0.1) is 11.3 Å². The van der Waals surface area contributed by atoms with Gasteiger partial charge in [0.15, 0.2) is 0 Å². The Morgan fingerprint density at radius 1 is 1.42 bits per heavy atom. The first kappa shape index (κ1) is 14.8. The van der Waals surface area contributed by atoms with Crippen LogP contribution in [0.5, 0.6) is 0 Å². The maximum Gasteiger partial charge on any atom is 0.226 e. The molecule has 2 rings (SSSR count). The van der Waals surface area contributed by atoms with Gasteiger partial charge in [-0.15, -0.1) is 0 Å². The van der Waals surface area contributed by atoms with Crippen molar-refractivity contribution in [2.24, 2.45) is 17.1 Å². The van der Waals surface area contributed by atoms with Gasteiger partial charge in [-0.1, -0.05) is 26.7 Å². The minimum absolute atomic E-state index is 0.00981. The topological polar surface area (TPSA) is 55.6 Å². The molecule has 1 aliphatic heterocycles. The lowest BCUT2D eigenvalue weighted by molar-refractivity contribution is -0.149. The van der Waals surface area contributed by atoms with Gasteiger partial charge >= 0.3 is 0 Å². The van der Waals surface area contributed by atoms with Gasteiger partial charge in [0, 0.05) is 25.0 Å². The van der Waals surface area contributed by atoms with Crippen molar-refractivity contribution >= 4 is 5.91 Å². The van der Waals surface area contributed by atoms with Crippen molar-refractivity contribution in [3.05, 3.63) is 0 Å². The molecule has 1 amide bonds. The van der Waals surface area contributed by atoms with Gasteiger partial charge in [-0.05, 0) is 25.2 Å². The van der Waals surface area contributed by atoms with E-state index in [9.17, 15) is 4.79 Å². The minimum Gasteiger partial charge on any atom is -0.373 e. The van der Waals surface area contributed by atoms with Crippen LogP contribution in [0.4, 0.5) is 0 Å². The highest BCUT2D eigenvalue weighted by Crippen LogP contribution is 2.41. The van der Waals surface area contributed by atoms with Gasteiger partial charge in [0.05, 0.1) is 12.7 Å². The van der Waals surface area contributed by atoms with Gasteiger partial charge in [0.25, 0.3) is 0 Å². The van der Waals surface area contributed by atoms with Crippen LogP contribution in [-0.2, 0) is 9.53 Å². The molecule has 2 fully saturated rings. The zero-order chi connectivity index (χ0) is 14.0. The van der Waals surface area contributed by atoms with E-state index < -0.39 is 0 Å². The van der Waals surface area contributed by atoms with Crippen LogP contribution in [0.3, 0.4) is 0 Å². The normalized spacial score (nSPS) is 32.9. The Labute approximate surface area is 116 Å². The second kappa shape index (κ2) is 5.80. The fourth-order valence-corrected chi connectivity index (χ4v) is 3.37. The van der Waals surface area contributed by atoms with Gasteiger partial charge in [0.2, 0.25) is 5.91 Å². The predicted molar refractivity (Wildman–Crippen MR) is 75.7 cm³/mol. The quantitative estimate of drug-likeness (QED) is 0.830. The second-order valence-corrected chi connectivity index (χ2v) is 6.84. The van der Waals surface area contributed by atoms with Gasteiger partial charge in [-0.3, -0.25) is 4.79 Å². The molecule has 0 spiro atoms. The number of hydrogen-bond acceptors (Lipinski definition) is 3. The van der Waals surface area contributed by atoms with E-state index in [0.29, 0.717) is 25.6 Å². The van der Waals surface area contributed by atoms with Crippen molar-refractivity contribution in [3.8, 4) is 0 Å². The van der Waals surface area contributed by atoms with Crippen molar-refractivity contribution in [2.45, 2.75) is 58.6 Å². The summed E-state index contributed by atoms with van der Waals surface area (Å²) in [5.74, 6) is 0.492. The Bertz CT molecular complexity index is 328. The molecule has 4 heteroatoms. The molecule has 3 atom stereocenters. The summed E-state index contributed by atoms with van der Waals surface area (Å²) in [5, 5.41) is 0. The summed E-state index contributed by atoms with van der Waals surface area (Å²) < 4.78 is 5.64. The molecule has 3 unspecified atom stereocenters. The van der Waals surface area contributed by atoms with E-state index in [-0.39, 0.29) is 23.5 Å². The van der Waals surface area contributed by atoms with Crippen LogP contribution in [-0.4, -0.2) is 42.6 Å². The summed E-state index contributed by atoms with van der Waals surface area (Å²) in [7, 11) is 0. The first-order valence-electron chi connectivity index (χ1n) is 7.58. The molecule has 2 N–H and O–H groups in total. The Morgan fingerprint density at radius 3 is 2.79 bits per heavy atom. The molecular weight excluding hydrogens is 240 g/mol. The standard InChI is InChI=1S/C15H28N2O2/c1-11(16)13-10-17(8-9-19-13)14(18)12-6-4-5-7-15(12,2)3/h11-13H,4-10,16H2,1-3H3. The van der Waals surface area contributed by atoms with Crippen LogP contribution < -0.4 is 5.73 Å². The van der Waals surface area contributed by atoms with E-state index in [1.807, 2.05) is 11.8 Å². The van der Waals surface area contributed by atoms with Gasteiger partial charge in [-0.2, -0.15) is 0 Å². The molecule has 0 aromatic rings. The highest BCUT2D eigenvalue weighted by Gasteiger charge is 2.40. The van der Waals surface area contributed by atoms with E-state index in [1.54, 1.807) is 0 Å². The number of carbonyl (C=O) groups excluding carboxylic acids is 1. The lowest BCUT2D eigenvalue weighted by Gasteiger charge is -2.42. The summed E-state index contributed by atoms with van der Waals surface area (Å²) in [6, 6.07) is -0.0185. The third-order valence-corrected chi connectivity index (χ3v) is 4.80. The molecule has 1 heterocycles. The van der Waals surface area contributed by atoms with Crippen LogP contribution in [0.2, 0.25) is 0 Å². The zero-order valence-electron chi connectivity index (χ0n) is 12.5. The molecule has 110 valence electrons. The minimum atomic E-state index is -0.0185. The molecule has 0 radical (unpaired) electrons. The zero-order valence-corrected chi connectivity index (χ0v) is 12.5. The van der Waals surface area contributed by atoms with Crippen LogP contribution in [0.25, 0.3) is 0 Å². The number of ether oxygens (including phenoxy) is 1. The molecule has 1 saturated carbocycles. The Balaban J connectivity index is 2.02. The molecule has 0 bridgehead atoms. The lowest BCUT2D eigenvalue weighted by Crippen LogP contribution is -2.54. The summed E-state index contributed by atoms with van der Waals surface area (Å²) in [6.07, 6.45) is 4.61. The number of amides is 1. The molecule has 4 nitrogen and oxygen atoms in total.